The fraction of sp³-hybridized carbons (Fsp3) is 0.429. The van der Waals surface area contributed by atoms with E-state index in [1.54, 1.807) is 0 Å². The van der Waals surface area contributed by atoms with Crippen LogP contribution in [0.4, 0.5) is 0 Å². The fourth-order valence-corrected chi connectivity index (χ4v) is 4.58. The van der Waals surface area contributed by atoms with Gasteiger partial charge < -0.3 is 4.74 Å². The Kier molecular flexibility index (Phi) is 4.68. The summed E-state index contributed by atoms with van der Waals surface area (Å²) in [5, 5.41) is 0. The van der Waals surface area contributed by atoms with E-state index in [0.29, 0.717) is 18.8 Å². The van der Waals surface area contributed by atoms with Gasteiger partial charge in [-0.3, -0.25) is 0 Å². The lowest BCUT2D eigenvalue weighted by molar-refractivity contribution is 0.261. The molecule has 0 radical (unpaired) electrons. The minimum atomic E-state index is -2.83. The molecule has 1 aliphatic rings. The quantitative estimate of drug-likeness (QED) is 0.771. The monoisotopic (exact) mass is 344 g/mol. The number of ether oxygens (including phenoxy) is 1. The van der Waals surface area contributed by atoms with Crippen molar-refractivity contribution >= 4 is 25.8 Å². The van der Waals surface area contributed by atoms with Crippen LogP contribution in [0.25, 0.3) is 0 Å². The second kappa shape index (κ2) is 6.09. The van der Waals surface area contributed by atoms with Gasteiger partial charge in [-0.05, 0) is 25.0 Å². The lowest BCUT2D eigenvalue weighted by Gasteiger charge is -2.14. The molecule has 1 aromatic carbocycles. The van der Waals surface area contributed by atoms with Crippen LogP contribution in [0.2, 0.25) is 0 Å². The van der Waals surface area contributed by atoms with Crippen molar-refractivity contribution in [1.82, 2.24) is 0 Å². The molecular weight excluding hydrogens is 328 g/mol. The summed E-state index contributed by atoms with van der Waals surface area (Å²) >= 11 is 3.50. The maximum atomic E-state index is 11.4. The van der Waals surface area contributed by atoms with E-state index in [1.807, 2.05) is 24.3 Å². The van der Waals surface area contributed by atoms with Gasteiger partial charge in [-0.15, -0.1) is 6.58 Å². The molecule has 0 N–H and O–H groups in total. The normalized spacial score (nSPS) is 21.2. The fourth-order valence-electron chi connectivity index (χ4n) is 2.23. The highest BCUT2D eigenvalue weighted by Gasteiger charge is 2.28. The van der Waals surface area contributed by atoms with Gasteiger partial charge >= 0.3 is 0 Å². The molecule has 1 heterocycles. The molecule has 0 aliphatic carbocycles. The summed E-state index contributed by atoms with van der Waals surface area (Å²) in [6, 6.07) is 5.79. The molecule has 1 fully saturated rings. The van der Waals surface area contributed by atoms with Gasteiger partial charge in [0.2, 0.25) is 0 Å². The Morgan fingerprint density at radius 3 is 2.89 bits per heavy atom. The highest BCUT2D eigenvalue weighted by Crippen LogP contribution is 2.29. The molecule has 5 heteroatoms. The molecule has 0 spiro atoms. The molecule has 104 valence electrons. The van der Waals surface area contributed by atoms with Crippen LogP contribution >= 0.6 is 15.9 Å². The first-order chi connectivity index (χ1) is 9.02. The molecule has 0 saturated carbocycles. The van der Waals surface area contributed by atoms with E-state index in [2.05, 4.69) is 22.5 Å². The summed E-state index contributed by atoms with van der Waals surface area (Å²) in [6.45, 7) is 4.20. The smallest absolute Gasteiger partial charge is 0.150 e. The van der Waals surface area contributed by atoms with Crippen molar-refractivity contribution in [3.8, 4) is 5.75 Å². The Balaban J connectivity index is 2.04. The lowest BCUT2D eigenvalue weighted by atomic mass is 10.1. The average molecular weight is 345 g/mol. The predicted molar refractivity (Wildman–Crippen MR) is 80.3 cm³/mol. The topological polar surface area (TPSA) is 43.4 Å². The number of benzene rings is 1. The SMILES string of the molecule is C=CCc1c(Br)cccc1OCC1CCS(=O)(=O)C1. The molecule has 1 saturated heterocycles. The third kappa shape index (κ3) is 3.83. The number of allylic oxidation sites excluding steroid dienone is 1. The molecule has 19 heavy (non-hydrogen) atoms. The zero-order chi connectivity index (χ0) is 13.9. The van der Waals surface area contributed by atoms with E-state index in [-0.39, 0.29) is 11.7 Å². The van der Waals surface area contributed by atoms with Crippen molar-refractivity contribution in [3.63, 3.8) is 0 Å². The molecule has 0 amide bonds. The van der Waals surface area contributed by atoms with Crippen molar-refractivity contribution in [2.45, 2.75) is 12.8 Å². The minimum absolute atomic E-state index is 0.112. The molecular formula is C14H17BrO3S. The van der Waals surface area contributed by atoms with E-state index in [4.69, 9.17) is 4.74 Å². The first-order valence-corrected chi connectivity index (χ1v) is 8.85. The number of halogens is 1. The first kappa shape index (κ1) is 14.6. The molecule has 0 bridgehead atoms. The maximum Gasteiger partial charge on any atom is 0.150 e. The van der Waals surface area contributed by atoms with Crippen LogP contribution in [-0.2, 0) is 16.3 Å². The van der Waals surface area contributed by atoms with Gasteiger partial charge in [0.05, 0.1) is 18.1 Å². The number of sulfone groups is 1. The summed E-state index contributed by atoms with van der Waals surface area (Å²) < 4.78 is 29.6. The third-order valence-corrected chi connectivity index (χ3v) is 5.81. The van der Waals surface area contributed by atoms with Crippen LogP contribution < -0.4 is 4.74 Å². The second-order valence-electron chi connectivity index (χ2n) is 4.79. The number of hydrogen-bond donors (Lipinski definition) is 0. The Labute approximate surface area is 122 Å². The van der Waals surface area contributed by atoms with Gasteiger partial charge in [-0.25, -0.2) is 8.42 Å². The zero-order valence-corrected chi connectivity index (χ0v) is 13.0. The Morgan fingerprint density at radius 1 is 1.47 bits per heavy atom. The van der Waals surface area contributed by atoms with Crippen molar-refractivity contribution in [3.05, 3.63) is 40.9 Å². The van der Waals surface area contributed by atoms with E-state index >= 15 is 0 Å². The molecule has 1 aliphatic heterocycles. The van der Waals surface area contributed by atoms with Gasteiger partial charge in [-0.1, -0.05) is 28.1 Å². The molecule has 2 rings (SSSR count). The van der Waals surface area contributed by atoms with Crippen LogP contribution in [0.5, 0.6) is 5.75 Å². The Bertz CT molecular complexity index is 566. The van der Waals surface area contributed by atoms with E-state index < -0.39 is 9.84 Å². The lowest BCUT2D eigenvalue weighted by Crippen LogP contribution is -2.14. The molecule has 1 aromatic rings. The Hall–Kier alpha value is -0.810. The van der Waals surface area contributed by atoms with Crippen LogP contribution in [-0.4, -0.2) is 26.5 Å². The number of hydrogen-bond acceptors (Lipinski definition) is 3. The van der Waals surface area contributed by atoms with Gasteiger partial charge in [0.1, 0.15) is 5.75 Å². The summed E-state index contributed by atoms with van der Waals surface area (Å²) in [5.74, 6) is 1.45. The molecule has 1 unspecified atom stereocenters. The highest BCUT2D eigenvalue weighted by molar-refractivity contribution is 9.10. The first-order valence-electron chi connectivity index (χ1n) is 6.23. The summed E-state index contributed by atoms with van der Waals surface area (Å²) in [4.78, 5) is 0. The van der Waals surface area contributed by atoms with Crippen molar-refractivity contribution in [2.24, 2.45) is 5.92 Å². The largest absolute Gasteiger partial charge is 0.493 e. The number of rotatable bonds is 5. The van der Waals surface area contributed by atoms with E-state index in [9.17, 15) is 8.42 Å². The molecule has 0 aromatic heterocycles. The van der Waals surface area contributed by atoms with Crippen LogP contribution in [0.1, 0.15) is 12.0 Å². The minimum Gasteiger partial charge on any atom is -0.493 e. The van der Waals surface area contributed by atoms with Gasteiger partial charge in [0.15, 0.2) is 9.84 Å². The van der Waals surface area contributed by atoms with E-state index in [0.717, 1.165) is 22.2 Å². The average Bonchev–Trinajstić information content (AvgIpc) is 2.70. The summed E-state index contributed by atoms with van der Waals surface area (Å²) in [5.41, 5.74) is 1.05. The Morgan fingerprint density at radius 2 is 2.26 bits per heavy atom. The van der Waals surface area contributed by atoms with Crippen molar-refractivity contribution < 1.29 is 13.2 Å². The van der Waals surface area contributed by atoms with Crippen molar-refractivity contribution in [1.29, 1.82) is 0 Å². The highest BCUT2D eigenvalue weighted by atomic mass is 79.9. The molecule has 3 nitrogen and oxygen atoms in total. The van der Waals surface area contributed by atoms with E-state index in [1.165, 1.54) is 0 Å². The van der Waals surface area contributed by atoms with Gasteiger partial charge in [-0.2, -0.15) is 0 Å². The predicted octanol–water partition coefficient (Wildman–Crippen LogP) is 2.99. The summed E-state index contributed by atoms with van der Waals surface area (Å²) in [6.07, 6.45) is 3.25. The van der Waals surface area contributed by atoms with Gasteiger partial charge in [0.25, 0.3) is 0 Å². The van der Waals surface area contributed by atoms with Crippen LogP contribution in [0.15, 0.2) is 35.3 Å². The van der Waals surface area contributed by atoms with Crippen molar-refractivity contribution in [2.75, 3.05) is 18.1 Å². The van der Waals surface area contributed by atoms with Gasteiger partial charge in [0, 0.05) is 16.0 Å². The van der Waals surface area contributed by atoms with Crippen LogP contribution in [0.3, 0.4) is 0 Å². The zero-order valence-electron chi connectivity index (χ0n) is 10.6. The second-order valence-corrected chi connectivity index (χ2v) is 7.87. The maximum absolute atomic E-state index is 11.4. The molecule has 1 atom stereocenters. The third-order valence-electron chi connectivity index (χ3n) is 3.23. The standard InChI is InChI=1S/C14H17BrO3S/c1-2-4-12-13(15)5-3-6-14(12)18-9-11-7-8-19(16,17)10-11/h2-3,5-6,11H,1,4,7-10H2. The summed E-state index contributed by atoms with van der Waals surface area (Å²) in [7, 11) is -2.83. The van der Waals surface area contributed by atoms with Crippen LogP contribution in [0, 0.1) is 5.92 Å².